The molecule has 1 aromatic heterocycles. The Morgan fingerprint density at radius 3 is 2.40 bits per heavy atom. The molecule has 1 aliphatic heterocycles. The highest BCUT2D eigenvalue weighted by Gasteiger charge is 2.30. The molecule has 0 atom stereocenters. The van der Waals surface area contributed by atoms with Gasteiger partial charge in [-0.05, 0) is 36.4 Å². The third kappa shape index (κ3) is 3.90. The first-order chi connectivity index (χ1) is 14.1. The number of rotatable bonds is 3. The van der Waals surface area contributed by atoms with Crippen molar-refractivity contribution >= 4 is 33.8 Å². The average molecular weight is 450 g/mol. The van der Waals surface area contributed by atoms with Crippen molar-refractivity contribution in [2.75, 3.05) is 11.9 Å². The summed E-state index contributed by atoms with van der Waals surface area (Å²) in [5, 5.41) is 0.433. The van der Waals surface area contributed by atoms with E-state index >= 15 is 0 Å². The van der Waals surface area contributed by atoms with Gasteiger partial charge in [0.2, 0.25) is 0 Å². The summed E-state index contributed by atoms with van der Waals surface area (Å²) in [6, 6.07) is 9.53. The SMILES string of the molecule is CN1C=NS(=O)(=O)c2cc(-c3nccnc3Sc3ccc(C(F)(F)F)cc3)ccc21. The summed E-state index contributed by atoms with van der Waals surface area (Å²) >= 11 is 1.14. The zero-order valence-corrected chi connectivity index (χ0v) is 17.0. The Morgan fingerprint density at radius 2 is 1.70 bits per heavy atom. The first kappa shape index (κ1) is 20.4. The van der Waals surface area contributed by atoms with E-state index in [4.69, 9.17) is 0 Å². The number of anilines is 1. The predicted octanol–water partition coefficient (Wildman–Crippen LogP) is 4.48. The quantitative estimate of drug-likeness (QED) is 0.586. The van der Waals surface area contributed by atoms with Gasteiger partial charge in [-0.25, -0.2) is 4.98 Å². The fourth-order valence-electron chi connectivity index (χ4n) is 2.83. The van der Waals surface area contributed by atoms with E-state index in [1.807, 2.05) is 0 Å². The minimum atomic E-state index is -4.41. The predicted molar refractivity (Wildman–Crippen MR) is 107 cm³/mol. The van der Waals surface area contributed by atoms with E-state index in [0.717, 1.165) is 23.9 Å². The van der Waals surface area contributed by atoms with Crippen molar-refractivity contribution in [2.45, 2.75) is 21.0 Å². The largest absolute Gasteiger partial charge is 0.416 e. The van der Waals surface area contributed by atoms with Gasteiger partial charge in [-0.3, -0.25) is 4.98 Å². The molecule has 2 heterocycles. The van der Waals surface area contributed by atoms with Gasteiger partial charge in [-0.1, -0.05) is 17.8 Å². The molecule has 0 saturated carbocycles. The maximum Gasteiger partial charge on any atom is 0.416 e. The third-order valence-electron chi connectivity index (χ3n) is 4.31. The number of fused-ring (bicyclic) bond motifs is 1. The fraction of sp³-hybridized carbons (Fsp3) is 0.105. The summed E-state index contributed by atoms with van der Waals surface area (Å²) in [6.45, 7) is 0. The highest BCUT2D eigenvalue weighted by molar-refractivity contribution is 7.99. The monoisotopic (exact) mass is 450 g/mol. The van der Waals surface area contributed by atoms with Crippen LogP contribution in [-0.2, 0) is 16.2 Å². The number of alkyl halides is 3. The summed E-state index contributed by atoms with van der Waals surface area (Å²) in [5.74, 6) is 0. The van der Waals surface area contributed by atoms with E-state index < -0.39 is 21.8 Å². The summed E-state index contributed by atoms with van der Waals surface area (Å²) in [5.41, 5.74) is 0.660. The van der Waals surface area contributed by atoms with Crippen molar-refractivity contribution in [1.29, 1.82) is 0 Å². The number of nitrogens with zero attached hydrogens (tertiary/aromatic N) is 4. The topological polar surface area (TPSA) is 75.5 Å². The standard InChI is InChI=1S/C19H13F3N4O2S2/c1-26-11-25-30(27,28)16-10-12(2-7-15(16)26)17-18(24-9-8-23-17)29-14-5-3-13(4-6-14)19(20,21)22/h2-11H,1H3. The first-order valence-corrected chi connectivity index (χ1v) is 10.7. The van der Waals surface area contributed by atoms with Crippen molar-refractivity contribution in [3.8, 4) is 11.3 Å². The number of benzene rings is 2. The van der Waals surface area contributed by atoms with Crippen LogP contribution >= 0.6 is 11.8 Å². The lowest BCUT2D eigenvalue weighted by Gasteiger charge is -2.21. The molecule has 154 valence electrons. The minimum Gasteiger partial charge on any atom is -0.334 e. The van der Waals surface area contributed by atoms with Crippen molar-refractivity contribution in [1.82, 2.24) is 9.97 Å². The molecule has 30 heavy (non-hydrogen) atoms. The molecule has 1 aliphatic rings. The normalized spacial score (nSPS) is 15.1. The summed E-state index contributed by atoms with van der Waals surface area (Å²) in [7, 11) is -2.14. The Labute approximate surface area is 174 Å². The zero-order valence-electron chi connectivity index (χ0n) is 15.3. The van der Waals surface area contributed by atoms with Crippen molar-refractivity contribution < 1.29 is 21.6 Å². The lowest BCUT2D eigenvalue weighted by Crippen LogP contribution is -2.22. The van der Waals surface area contributed by atoms with Crippen molar-refractivity contribution in [3.05, 3.63) is 60.4 Å². The average Bonchev–Trinajstić information content (AvgIpc) is 2.71. The number of aromatic nitrogens is 2. The van der Waals surface area contributed by atoms with E-state index in [1.54, 1.807) is 24.1 Å². The van der Waals surface area contributed by atoms with Crippen LogP contribution in [-0.4, -0.2) is 31.8 Å². The van der Waals surface area contributed by atoms with Gasteiger partial charge in [-0.15, -0.1) is 4.40 Å². The first-order valence-electron chi connectivity index (χ1n) is 8.49. The Balaban J connectivity index is 1.72. The molecule has 0 unspecified atom stereocenters. The van der Waals surface area contributed by atoms with Gasteiger partial charge in [-0.2, -0.15) is 21.6 Å². The highest BCUT2D eigenvalue weighted by Crippen LogP contribution is 2.38. The van der Waals surface area contributed by atoms with Gasteiger partial charge in [0.25, 0.3) is 10.0 Å². The molecule has 0 fully saturated rings. The van der Waals surface area contributed by atoms with E-state index in [2.05, 4.69) is 14.4 Å². The van der Waals surface area contributed by atoms with Crippen molar-refractivity contribution in [2.24, 2.45) is 4.40 Å². The molecular weight excluding hydrogens is 437 g/mol. The highest BCUT2D eigenvalue weighted by atomic mass is 32.2. The molecule has 2 aromatic carbocycles. The molecule has 0 saturated heterocycles. The van der Waals surface area contributed by atoms with Crippen LogP contribution in [0, 0.1) is 0 Å². The number of halogens is 3. The van der Waals surface area contributed by atoms with Crippen LogP contribution in [0.3, 0.4) is 0 Å². The van der Waals surface area contributed by atoms with E-state index in [1.165, 1.54) is 36.9 Å². The Hall–Kier alpha value is -2.92. The summed E-state index contributed by atoms with van der Waals surface area (Å²) in [4.78, 5) is 10.8. The van der Waals surface area contributed by atoms with Crippen LogP contribution in [0.5, 0.6) is 0 Å². The fourth-order valence-corrected chi connectivity index (χ4v) is 4.84. The molecule has 0 aliphatic carbocycles. The second-order valence-corrected chi connectivity index (χ2v) is 8.99. The Kier molecular flexibility index (Phi) is 5.02. The van der Waals surface area contributed by atoms with Crippen LogP contribution in [0.1, 0.15) is 5.56 Å². The van der Waals surface area contributed by atoms with Crippen LogP contribution in [0.15, 0.2) is 74.1 Å². The molecule has 4 rings (SSSR count). The number of hydrogen-bond donors (Lipinski definition) is 0. The Morgan fingerprint density at radius 1 is 1.00 bits per heavy atom. The molecule has 0 spiro atoms. The van der Waals surface area contributed by atoms with Crippen LogP contribution in [0.25, 0.3) is 11.3 Å². The van der Waals surface area contributed by atoms with Crippen molar-refractivity contribution in [3.63, 3.8) is 0 Å². The minimum absolute atomic E-state index is 0.0427. The lowest BCUT2D eigenvalue weighted by atomic mass is 10.1. The van der Waals surface area contributed by atoms with Gasteiger partial charge in [0.15, 0.2) is 0 Å². The number of sulfonamides is 1. The molecule has 3 aromatic rings. The molecule has 0 bridgehead atoms. The third-order valence-corrected chi connectivity index (χ3v) is 6.57. The molecule has 0 amide bonds. The van der Waals surface area contributed by atoms with E-state index in [0.29, 0.717) is 26.9 Å². The summed E-state index contributed by atoms with van der Waals surface area (Å²) < 4.78 is 66.5. The zero-order chi connectivity index (χ0) is 21.5. The van der Waals surface area contributed by atoms with Gasteiger partial charge in [0.1, 0.15) is 22.0 Å². The second kappa shape index (κ2) is 7.40. The Bertz CT molecular complexity index is 1240. The maximum atomic E-state index is 12.8. The van der Waals surface area contributed by atoms with Crippen LogP contribution < -0.4 is 4.90 Å². The van der Waals surface area contributed by atoms with Gasteiger partial charge in [0, 0.05) is 29.9 Å². The maximum absolute atomic E-state index is 12.8. The van der Waals surface area contributed by atoms with E-state index in [9.17, 15) is 21.6 Å². The number of hydrogen-bond acceptors (Lipinski definition) is 6. The van der Waals surface area contributed by atoms with Crippen LogP contribution in [0.2, 0.25) is 0 Å². The van der Waals surface area contributed by atoms with Gasteiger partial charge in [0.05, 0.1) is 11.3 Å². The molecule has 0 N–H and O–H groups in total. The van der Waals surface area contributed by atoms with Gasteiger partial charge < -0.3 is 4.90 Å². The molecule has 11 heteroatoms. The molecular formula is C19H13F3N4O2S2. The molecule has 6 nitrogen and oxygen atoms in total. The smallest absolute Gasteiger partial charge is 0.334 e. The van der Waals surface area contributed by atoms with Gasteiger partial charge >= 0.3 is 6.18 Å². The van der Waals surface area contributed by atoms with E-state index in [-0.39, 0.29) is 4.90 Å². The van der Waals surface area contributed by atoms with Crippen LogP contribution in [0.4, 0.5) is 18.9 Å². The summed E-state index contributed by atoms with van der Waals surface area (Å²) in [6.07, 6.45) is -0.260. The molecule has 0 radical (unpaired) electrons. The second-order valence-electron chi connectivity index (χ2n) is 6.32. The lowest BCUT2D eigenvalue weighted by molar-refractivity contribution is -0.137.